The predicted molar refractivity (Wildman–Crippen MR) is 101 cm³/mol. The van der Waals surface area contributed by atoms with Crippen LogP contribution in [0.25, 0.3) is 22.1 Å². The molecule has 0 amide bonds. The lowest BCUT2D eigenvalue weighted by Gasteiger charge is -1.95. The number of benzene rings is 2. The molecule has 6 nitrogen and oxygen atoms in total. The van der Waals surface area contributed by atoms with Gasteiger partial charge in [-0.15, -0.1) is 0 Å². The van der Waals surface area contributed by atoms with Crippen LogP contribution in [0.1, 0.15) is 17.2 Å². The fraction of sp³-hybridized carbons (Fsp3) is 0.0625. The molecule has 0 aliphatic carbocycles. The molecule has 4 aromatic rings. The van der Waals surface area contributed by atoms with Gasteiger partial charge in [-0.3, -0.25) is 5.41 Å². The average Bonchev–Trinajstić information content (AvgIpc) is 3.09. The van der Waals surface area contributed by atoms with E-state index in [1.807, 2.05) is 30.3 Å². The molecule has 8 heteroatoms. The summed E-state index contributed by atoms with van der Waals surface area (Å²) in [6, 6.07) is 9.47. The Balaban J connectivity index is 1.71. The number of amidine groups is 1. The Kier molecular flexibility index (Phi) is 3.65. The first-order valence-electron chi connectivity index (χ1n) is 7.16. The number of H-pyrrole nitrogens is 2. The van der Waals surface area contributed by atoms with Gasteiger partial charge in [0.25, 0.3) is 0 Å². The van der Waals surface area contributed by atoms with Gasteiger partial charge in [0.2, 0.25) is 0 Å². The molecule has 4 rings (SSSR count). The van der Waals surface area contributed by atoms with E-state index >= 15 is 0 Å². The lowest BCUT2D eigenvalue weighted by molar-refractivity contribution is 0.960. The highest BCUT2D eigenvalue weighted by molar-refractivity contribution is 9.11. The van der Waals surface area contributed by atoms with Crippen LogP contribution >= 0.6 is 31.9 Å². The van der Waals surface area contributed by atoms with E-state index in [-0.39, 0.29) is 5.84 Å². The molecule has 0 unspecified atom stereocenters. The lowest BCUT2D eigenvalue weighted by atomic mass is 10.2. The van der Waals surface area contributed by atoms with Gasteiger partial charge < -0.3 is 15.7 Å². The normalized spacial score (nSPS) is 11.4. The molecule has 5 N–H and O–H groups in total. The average molecular weight is 448 g/mol. The maximum Gasteiger partial charge on any atom is 0.122 e. The summed E-state index contributed by atoms with van der Waals surface area (Å²) in [5.74, 6) is 1.67. The van der Waals surface area contributed by atoms with Crippen molar-refractivity contribution in [2.45, 2.75) is 6.42 Å². The van der Waals surface area contributed by atoms with E-state index in [0.29, 0.717) is 12.0 Å². The van der Waals surface area contributed by atoms with Crippen molar-refractivity contribution < 1.29 is 0 Å². The molecule has 2 aromatic carbocycles. The van der Waals surface area contributed by atoms with Gasteiger partial charge in [0.1, 0.15) is 23.0 Å². The SMILES string of the molecule is N=C(N)c1ccc2[nH]c(Cc3nc4c(Br)cc(Br)cc4[nH]3)nc2c1. The molecule has 0 saturated carbocycles. The van der Waals surface area contributed by atoms with Crippen LogP contribution in [0.15, 0.2) is 39.3 Å². The second-order valence-corrected chi connectivity index (χ2v) is 7.24. The van der Waals surface area contributed by atoms with Crippen molar-refractivity contribution in [2.75, 3.05) is 0 Å². The summed E-state index contributed by atoms with van der Waals surface area (Å²) >= 11 is 7.01. The Morgan fingerprint density at radius 2 is 1.79 bits per heavy atom. The second kappa shape index (κ2) is 5.71. The minimum Gasteiger partial charge on any atom is -0.384 e. The van der Waals surface area contributed by atoms with Crippen molar-refractivity contribution in [3.63, 3.8) is 0 Å². The van der Waals surface area contributed by atoms with Crippen LogP contribution in [-0.2, 0) is 6.42 Å². The molecule has 0 spiro atoms. The molecule has 0 bridgehead atoms. The molecule has 0 saturated heterocycles. The molecule has 0 aliphatic heterocycles. The Labute approximate surface area is 153 Å². The van der Waals surface area contributed by atoms with Crippen LogP contribution < -0.4 is 5.73 Å². The first-order chi connectivity index (χ1) is 11.5. The van der Waals surface area contributed by atoms with Crippen molar-refractivity contribution in [1.82, 2.24) is 19.9 Å². The number of imidazole rings is 2. The molecule has 0 radical (unpaired) electrons. The minimum absolute atomic E-state index is 0.0363. The summed E-state index contributed by atoms with van der Waals surface area (Å²) in [7, 11) is 0. The van der Waals surface area contributed by atoms with Crippen molar-refractivity contribution in [3.05, 3.63) is 56.5 Å². The molecular formula is C16H12Br2N6. The molecule has 0 atom stereocenters. The predicted octanol–water partition coefficient (Wildman–Crippen LogP) is 3.84. The smallest absolute Gasteiger partial charge is 0.122 e. The fourth-order valence-corrected chi connectivity index (χ4v) is 3.96. The number of rotatable bonds is 3. The van der Waals surface area contributed by atoms with E-state index < -0.39 is 0 Å². The van der Waals surface area contributed by atoms with Gasteiger partial charge in [-0.25, -0.2) is 9.97 Å². The topological polar surface area (TPSA) is 107 Å². The van der Waals surface area contributed by atoms with E-state index in [1.54, 1.807) is 0 Å². The van der Waals surface area contributed by atoms with Gasteiger partial charge in [0, 0.05) is 14.5 Å². The number of nitrogen functional groups attached to an aromatic ring is 1. The van der Waals surface area contributed by atoms with Gasteiger partial charge in [-0.1, -0.05) is 15.9 Å². The van der Waals surface area contributed by atoms with Gasteiger partial charge in [-0.2, -0.15) is 0 Å². The van der Waals surface area contributed by atoms with Crippen LogP contribution in [0.3, 0.4) is 0 Å². The quantitative estimate of drug-likeness (QED) is 0.283. The Morgan fingerprint density at radius 3 is 2.58 bits per heavy atom. The number of hydrogen-bond acceptors (Lipinski definition) is 3. The summed E-state index contributed by atoms with van der Waals surface area (Å²) in [5.41, 5.74) is 9.74. The van der Waals surface area contributed by atoms with Crippen LogP contribution in [0.5, 0.6) is 0 Å². The number of nitrogens with one attached hydrogen (secondary N) is 3. The highest BCUT2D eigenvalue weighted by Crippen LogP contribution is 2.27. The third kappa shape index (κ3) is 2.71. The summed E-state index contributed by atoms with van der Waals surface area (Å²) in [5, 5.41) is 7.51. The fourth-order valence-electron chi connectivity index (χ4n) is 2.65. The zero-order chi connectivity index (χ0) is 16.8. The van der Waals surface area contributed by atoms with Crippen molar-refractivity contribution in [1.29, 1.82) is 5.41 Å². The number of aromatic nitrogens is 4. The number of aromatic amines is 2. The molecule has 2 heterocycles. The maximum absolute atomic E-state index is 7.51. The van der Waals surface area contributed by atoms with Crippen molar-refractivity contribution in [2.24, 2.45) is 5.73 Å². The lowest BCUT2D eigenvalue weighted by Crippen LogP contribution is -2.10. The van der Waals surface area contributed by atoms with Crippen LogP contribution in [0.4, 0.5) is 0 Å². The third-order valence-corrected chi connectivity index (χ3v) is 4.79. The first kappa shape index (κ1) is 15.3. The van der Waals surface area contributed by atoms with Gasteiger partial charge in [0.05, 0.1) is 23.0 Å². The van der Waals surface area contributed by atoms with E-state index in [1.165, 1.54) is 0 Å². The molecule has 2 aromatic heterocycles. The zero-order valence-corrected chi connectivity index (χ0v) is 15.5. The number of halogens is 2. The van der Waals surface area contributed by atoms with E-state index in [0.717, 1.165) is 42.7 Å². The monoisotopic (exact) mass is 446 g/mol. The Morgan fingerprint density at radius 1 is 1.04 bits per heavy atom. The number of hydrogen-bond donors (Lipinski definition) is 4. The Bertz CT molecular complexity index is 1090. The van der Waals surface area contributed by atoms with E-state index in [4.69, 9.17) is 11.1 Å². The molecule has 0 aliphatic rings. The summed E-state index contributed by atoms with van der Waals surface area (Å²) in [6.07, 6.45) is 0.558. The number of fused-ring (bicyclic) bond motifs is 2. The Hall–Kier alpha value is -2.19. The van der Waals surface area contributed by atoms with Crippen LogP contribution in [0.2, 0.25) is 0 Å². The van der Waals surface area contributed by atoms with Gasteiger partial charge in [-0.05, 0) is 46.3 Å². The van der Waals surface area contributed by atoms with Gasteiger partial charge in [0.15, 0.2) is 0 Å². The van der Waals surface area contributed by atoms with Gasteiger partial charge >= 0.3 is 0 Å². The van der Waals surface area contributed by atoms with Crippen LogP contribution in [0, 0.1) is 5.41 Å². The maximum atomic E-state index is 7.51. The van der Waals surface area contributed by atoms with Crippen LogP contribution in [-0.4, -0.2) is 25.8 Å². The standard InChI is InChI=1S/C16H12Br2N6/c17-8-4-9(18)15-12(5-8)23-14(24-15)6-13-21-10-2-1-7(16(19)20)3-11(10)22-13/h1-5H,6H2,(H3,19,20)(H,21,22)(H,23,24). The highest BCUT2D eigenvalue weighted by Gasteiger charge is 2.11. The summed E-state index contributed by atoms with van der Waals surface area (Å²) in [4.78, 5) is 15.8. The molecule has 24 heavy (non-hydrogen) atoms. The third-order valence-electron chi connectivity index (χ3n) is 3.73. The second-order valence-electron chi connectivity index (χ2n) is 5.47. The molecule has 0 fully saturated rings. The van der Waals surface area contributed by atoms with Crippen molar-refractivity contribution in [3.8, 4) is 0 Å². The minimum atomic E-state index is 0.0363. The largest absolute Gasteiger partial charge is 0.384 e. The number of nitrogens with zero attached hydrogens (tertiary/aromatic N) is 2. The van der Waals surface area contributed by atoms with E-state index in [9.17, 15) is 0 Å². The van der Waals surface area contributed by atoms with E-state index in [2.05, 4.69) is 51.8 Å². The molecule has 120 valence electrons. The number of nitrogens with two attached hydrogens (primary N) is 1. The first-order valence-corrected chi connectivity index (χ1v) is 8.75. The summed E-state index contributed by atoms with van der Waals surface area (Å²) in [6.45, 7) is 0. The zero-order valence-electron chi connectivity index (χ0n) is 12.3. The molecular weight excluding hydrogens is 436 g/mol. The van der Waals surface area contributed by atoms with Crippen molar-refractivity contribution >= 4 is 59.8 Å². The highest BCUT2D eigenvalue weighted by atomic mass is 79.9. The summed E-state index contributed by atoms with van der Waals surface area (Å²) < 4.78 is 1.92.